The number of rotatable bonds is 2. The van der Waals surface area contributed by atoms with Crippen LogP contribution < -0.4 is 0 Å². The average molecular weight is 231 g/mol. The van der Waals surface area contributed by atoms with Crippen molar-refractivity contribution in [2.75, 3.05) is 13.1 Å². The highest BCUT2D eigenvalue weighted by atomic mass is 15.1. The van der Waals surface area contributed by atoms with E-state index < -0.39 is 0 Å². The van der Waals surface area contributed by atoms with Gasteiger partial charge in [-0.1, -0.05) is 39.0 Å². The first-order valence-corrected chi connectivity index (χ1v) is 6.79. The predicted molar refractivity (Wildman–Crippen MR) is 74.4 cm³/mol. The van der Waals surface area contributed by atoms with Crippen LogP contribution in [0.15, 0.2) is 18.2 Å². The lowest BCUT2D eigenvalue weighted by molar-refractivity contribution is 0.330. The summed E-state index contributed by atoms with van der Waals surface area (Å²) in [6.45, 7) is 12.8. The van der Waals surface area contributed by atoms with Gasteiger partial charge in [-0.15, -0.1) is 0 Å². The fourth-order valence-electron chi connectivity index (χ4n) is 2.49. The van der Waals surface area contributed by atoms with Crippen LogP contribution in [0.1, 0.15) is 50.3 Å². The predicted octanol–water partition coefficient (Wildman–Crippen LogP) is 3.89. The Balaban J connectivity index is 2.20. The maximum absolute atomic E-state index is 2.58. The molecule has 94 valence electrons. The van der Waals surface area contributed by atoms with Gasteiger partial charge in [0.25, 0.3) is 0 Å². The minimum absolute atomic E-state index is 0.257. The quantitative estimate of drug-likeness (QED) is 0.746. The lowest BCUT2D eigenvalue weighted by atomic mass is 9.85. The Bertz CT molecular complexity index is 381. The summed E-state index contributed by atoms with van der Waals surface area (Å²) in [6.07, 6.45) is 2.75. The second kappa shape index (κ2) is 4.81. The van der Waals surface area contributed by atoms with Crippen molar-refractivity contribution in [2.24, 2.45) is 0 Å². The second-order valence-electron chi connectivity index (χ2n) is 6.37. The molecule has 0 N–H and O–H groups in total. The zero-order valence-corrected chi connectivity index (χ0v) is 11.7. The SMILES string of the molecule is Cc1ccc(C(C)(C)C)cc1CN1CCCC1. The van der Waals surface area contributed by atoms with Crippen molar-refractivity contribution in [3.63, 3.8) is 0 Å². The maximum Gasteiger partial charge on any atom is 0.0236 e. The fourth-order valence-corrected chi connectivity index (χ4v) is 2.49. The van der Waals surface area contributed by atoms with E-state index >= 15 is 0 Å². The average Bonchev–Trinajstić information content (AvgIpc) is 2.72. The van der Waals surface area contributed by atoms with Crippen LogP contribution in [0.25, 0.3) is 0 Å². The molecule has 1 aromatic rings. The van der Waals surface area contributed by atoms with Crippen molar-refractivity contribution < 1.29 is 0 Å². The highest BCUT2D eigenvalue weighted by Gasteiger charge is 2.17. The standard InChI is InChI=1S/C16H25N/c1-13-7-8-15(16(2,3)4)11-14(13)12-17-9-5-6-10-17/h7-8,11H,5-6,9-10,12H2,1-4H3. The summed E-state index contributed by atoms with van der Waals surface area (Å²) in [6, 6.07) is 6.97. The minimum Gasteiger partial charge on any atom is -0.299 e. The van der Waals surface area contributed by atoms with Crippen LogP contribution in [-0.4, -0.2) is 18.0 Å². The van der Waals surface area contributed by atoms with Crippen LogP contribution in [0.2, 0.25) is 0 Å². The number of likely N-dealkylation sites (tertiary alicyclic amines) is 1. The molecule has 0 unspecified atom stereocenters. The molecule has 1 saturated heterocycles. The van der Waals surface area contributed by atoms with Crippen LogP contribution >= 0.6 is 0 Å². The number of hydrogen-bond donors (Lipinski definition) is 0. The van der Waals surface area contributed by atoms with Gasteiger partial charge in [0.15, 0.2) is 0 Å². The summed E-state index contributed by atoms with van der Waals surface area (Å²) in [4.78, 5) is 2.58. The van der Waals surface area contributed by atoms with E-state index in [2.05, 4.69) is 50.8 Å². The molecule has 1 aliphatic heterocycles. The van der Waals surface area contributed by atoms with E-state index in [1.807, 2.05) is 0 Å². The van der Waals surface area contributed by atoms with E-state index in [4.69, 9.17) is 0 Å². The normalized spacial score (nSPS) is 17.6. The minimum atomic E-state index is 0.257. The highest BCUT2D eigenvalue weighted by Crippen LogP contribution is 2.25. The molecule has 1 aliphatic rings. The highest BCUT2D eigenvalue weighted by molar-refractivity contribution is 5.34. The smallest absolute Gasteiger partial charge is 0.0236 e. The molecule has 0 aromatic heterocycles. The lowest BCUT2D eigenvalue weighted by Crippen LogP contribution is -2.20. The molecule has 0 radical (unpaired) electrons. The summed E-state index contributed by atoms with van der Waals surface area (Å²) in [7, 11) is 0. The molecule has 1 heteroatoms. The lowest BCUT2D eigenvalue weighted by Gasteiger charge is -2.22. The van der Waals surface area contributed by atoms with E-state index in [0.29, 0.717) is 0 Å². The molecule has 1 aromatic carbocycles. The largest absolute Gasteiger partial charge is 0.299 e. The Kier molecular flexibility index (Phi) is 3.58. The molecule has 0 bridgehead atoms. The molecule has 1 nitrogen and oxygen atoms in total. The summed E-state index contributed by atoms with van der Waals surface area (Å²) < 4.78 is 0. The molecular weight excluding hydrogens is 206 g/mol. The van der Waals surface area contributed by atoms with E-state index in [1.54, 1.807) is 0 Å². The molecule has 0 atom stereocenters. The van der Waals surface area contributed by atoms with Gasteiger partial charge in [-0.3, -0.25) is 4.90 Å². The van der Waals surface area contributed by atoms with Crippen LogP contribution in [-0.2, 0) is 12.0 Å². The molecule has 1 fully saturated rings. The van der Waals surface area contributed by atoms with Gasteiger partial charge in [0.05, 0.1) is 0 Å². The first-order chi connectivity index (χ1) is 7.97. The Hall–Kier alpha value is -0.820. The van der Waals surface area contributed by atoms with Gasteiger partial charge in [0.1, 0.15) is 0 Å². The van der Waals surface area contributed by atoms with Crippen LogP contribution in [0, 0.1) is 6.92 Å². The van der Waals surface area contributed by atoms with Crippen molar-refractivity contribution in [1.29, 1.82) is 0 Å². The van der Waals surface area contributed by atoms with Gasteiger partial charge in [0.2, 0.25) is 0 Å². The first kappa shape index (κ1) is 12.6. The van der Waals surface area contributed by atoms with Gasteiger partial charge in [-0.05, 0) is 55.0 Å². The van der Waals surface area contributed by atoms with Crippen molar-refractivity contribution in [1.82, 2.24) is 4.90 Å². The Labute approximate surface area is 106 Å². The number of hydrogen-bond acceptors (Lipinski definition) is 1. The third-order valence-corrected chi connectivity index (χ3v) is 3.81. The van der Waals surface area contributed by atoms with Crippen LogP contribution in [0.5, 0.6) is 0 Å². The van der Waals surface area contributed by atoms with Crippen molar-refractivity contribution in [3.8, 4) is 0 Å². The second-order valence-corrected chi connectivity index (χ2v) is 6.37. The van der Waals surface area contributed by atoms with Crippen molar-refractivity contribution in [2.45, 2.75) is 52.5 Å². The zero-order valence-electron chi connectivity index (χ0n) is 11.7. The molecular formula is C16H25N. The van der Waals surface area contributed by atoms with Gasteiger partial charge >= 0.3 is 0 Å². The van der Waals surface area contributed by atoms with E-state index in [1.165, 1.54) is 42.6 Å². The van der Waals surface area contributed by atoms with E-state index in [-0.39, 0.29) is 5.41 Å². The zero-order chi connectivity index (χ0) is 12.5. The Morgan fingerprint density at radius 3 is 2.35 bits per heavy atom. The molecule has 1 heterocycles. The maximum atomic E-state index is 2.58. The summed E-state index contributed by atoms with van der Waals surface area (Å²) in [5, 5.41) is 0. The number of nitrogens with zero attached hydrogens (tertiary/aromatic N) is 1. The molecule has 2 rings (SSSR count). The fraction of sp³-hybridized carbons (Fsp3) is 0.625. The number of benzene rings is 1. The topological polar surface area (TPSA) is 3.24 Å². The Morgan fingerprint density at radius 1 is 1.12 bits per heavy atom. The molecule has 0 amide bonds. The molecule has 0 spiro atoms. The van der Waals surface area contributed by atoms with Crippen molar-refractivity contribution >= 4 is 0 Å². The van der Waals surface area contributed by atoms with Crippen LogP contribution in [0.3, 0.4) is 0 Å². The summed E-state index contributed by atoms with van der Waals surface area (Å²) in [5.41, 5.74) is 4.66. The third-order valence-electron chi connectivity index (χ3n) is 3.81. The van der Waals surface area contributed by atoms with E-state index in [9.17, 15) is 0 Å². The van der Waals surface area contributed by atoms with Crippen molar-refractivity contribution in [3.05, 3.63) is 34.9 Å². The Morgan fingerprint density at radius 2 is 1.76 bits per heavy atom. The summed E-state index contributed by atoms with van der Waals surface area (Å²) >= 11 is 0. The van der Waals surface area contributed by atoms with Gasteiger partial charge in [0, 0.05) is 6.54 Å². The molecule has 17 heavy (non-hydrogen) atoms. The first-order valence-electron chi connectivity index (χ1n) is 6.79. The van der Waals surface area contributed by atoms with Gasteiger partial charge in [-0.2, -0.15) is 0 Å². The monoisotopic (exact) mass is 231 g/mol. The van der Waals surface area contributed by atoms with Gasteiger partial charge in [-0.25, -0.2) is 0 Å². The molecule has 0 saturated carbocycles. The summed E-state index contributed by atoms with van der Waals surface area (Å²) in [5.74, 6) is 0. The van der Waals surface area contributed by atoms with E-state index in [0.717, 1.165) is 6.54 Å². The molecule has 0 aliphatic carbocycles. The third kappa shape index (κ3) is 3.10. The van der Waals surface area contributed by atoms with Gasteiger partial charge < -0.3 is 0 Å². The number of aryl methyl sites for hydroxylation is 1. The van der Waals surface area contributed by atoms with Crippen LogP contribution in [0.4, 0.5) is 0 Å².